The molecule has 1 aromatic rings. The maximum Gasteiger partial charge on any atom is 0.258 e. The Bertz CT molecular complexity index is 841. The van der Waals surface area contributed by atoms with Gasteiger partial charge in [-0.3, -0.25) is 9.59 Å². The minimum absolute atomic E-state index is 0.0385. The predicted octanol–water partition coefficient (Wildman–Crippen LogP) is 2.81. The smallest absolute Gasteiger partial charge is 0.258 e. The Morgan fingerprint density at radius 3 is 2.34 bits per heavy atom. The summed E-state index contributed by atoms with van der Waals surface area (Å²) in [6, 6.07) is 4.68. The summed E-state index contributed by atoms with van der Waals surface area (Å²) in [6.45, 7) is 0.810. The quantitative estimate of drug-likeness (QED) is 0.477. The number of carbonyl (C=O) groups is 2. The van der Waals surface area contributed by atoms with Crippen molar-refractivity contribution in [3.63, 3.8) is 0 Å². The molecule has 5 rings (SSSR count). The number of aliphatic hydroxyl groups excluding tert-OH is 1. The lowest BCUT2D eigenvalue weighted by molar-refractivity contribution is -0.131. The molecule has 9 heteroatoms. The molecular weight excluding hydrogens is 453 g/mol. The Balaban J connectivity index is 1.26. The number of rotatable bonds is 7. The van der Waals surface area contributed by atoms with Gasteiger partial charge in [0.25, 0.3) is 5.91 Å². The summed E-state index contributed by atoms with van der Waals surface area (Å²) in [5.41, 5.74) is -0.413. The number of hydrogen-bond acceptors (Lipinski definition) is 5. The summed E-state index contributed by atoms with van der Waals surface area (Å²) >= 11 is 11.9. The van der Waals surface area contributed by atoms with Gasteiger partial charge < -0.3 is 25.8 Å². The molecule has 4 fully saturated rings. The third-order valence-electron chi connectivity index (χ3n) is 7.39. The van der Waals surface area contributed by atoms with Crippen molar-refractivity contribution in [2.75, 3.05) is 19.8 Å². The summed E-state index contributed by atoms with van der Waals surface area (Å²) in [6.07, 6.45) is 6.64. The highest BCUT2D eigenvalue weighted by Crippen LogP contribution is 2.47. The molecule has 3 aliphatic carbocycles. The molecule has 1 heterocycles. The summed E-state index contributed by atoms with van der Waals surface area (Å²) < 4.78 is 5.57. The first kappa shape index (κ1) is 23.6. The number of hydrogen-bond donors (Lipinski definition) is 4. The van der Waals surface area contributed by atoms with Crippen molar-refractivity contribution >= 4 is 35.0 Å². The topological polar surface area (TPSA) is 99.7 Å². The van der Waals surface area contributed by atoms with E-state index in [-0.39, 0.29) is 48.1 Å². The largest absolute Gasteiger partial charge is 0.484 e. The Labute approximate surface area is 198 Å². The zero-order valence-electron chi connectivity index (χ0n) is 18.1. The molecule has 2 bridgehead atoms. The van der Waals surface area contributed by atoms with Crippen molar-refractivity contribution in [3.8, 4) is 5.75 Å². The Morgan fingerprint density at radius 2 is 1.72 bits per heavy atom. The molecule has 32 heavy (non-hydrogen) atoms. The maximum absolute atomic E-state index is 12.9. The molecule has 3 saturated carbocycles. The molecule has 7 nitrogen and oxygen atoms in total. The average molecular weight is 484 g/mol. The summed E-state index contributed by atoms with van der Waals surface area (Å²) in [4.78, 5) is 25.4. The van der Waals surface area contributed by atoms with Crippen molar-refractivity contribution in [2.24, 2.45) is 5.92 Å². The highest BCUT2D eigenvalue weighted by molar-refractivity contribution is 6.42. The molecule has 176 valence electrons. The Kier molecular flexibility index (Phi) is 7.20. The highest BCUT2D eigenvalue weighted by atomic mass is 35.5. The van der Waals surface area contributed by atoms with E-state index in [4.69, 9.17) is 27.9 Å². The van der Waals surface area contributed by atoms with Gasteiger partial charge in [-0.1, -0.05) is 23.2 Å². The molecule has 4 aliphatic rings. The van der Waals surface area contributed by atoms with Crippen LogP contribution in [0.3, 0.4) is 0 Å². The Morgan fingerprint density at radius 1 is 1.06 bits per heavy atom. The predicted molar refractivity (Wildman–Crippen MR) is 123 cm³/mol. The van der Waals surface area contributed by atoms with Gasteiger partial charge in [-0.15, -0.1) is 0 Å². The van der Waals surface area contributed by atoms with Gasteiger partial charge in [0, 0.05) is 23.8 Å². The van der Waals surface area contributed by atoms with E-state index in [2.05, 4.69) is 16.0 Å². The maximum atomic E-state index is 12.9. The number of carbonyl (C=O) groups excluding carboxylic acids is 2. The number of fused-ring (bicyclic) bond motifs is 3. The minimum Gasteiger partial charge on any atom is -0.484 e. The van der Waals surface area contributed by atoms with Crippen molar-refractivity contribution < 1.29 is 19.4 Å². The van der Waals surface area contributed by atoms with Gasteiger partial charge in [0.15, 0.2) is 6.61 Å². The molecule has 1 saturated heterocycles. The normalized spacial score (nSPS) is 31.7. The Hall–Kier alpha value is -1.54. The van der Waals surface area contributed by atoms with Gasteiger partial charge in [-0.25, -0.2) is 0 Å². The van der Waals surface area contributed by atoms with E-state index in [9.17, 15) is 14.7 Å². The van der Waals surface area contributed by atoms with Crippen LogP contribution in [0.1, 0.15) is 51.4 Å². The SMILES string of the molecule is O=C(COc1ccc(Cl)c(Cl)c1)NC12CCC(NC(=O)C3CC(CO)CCN3)(CC1)CC2. The molecule has 0 spiro atoms. The van der Waals surface area contributed by atoms with Crippen molar-refractivity contribution in [2.45, 2.75) is 68.5 Å². The summed E-state index contributed by atoms with van der Waals surface area (Å²) in [5, 5.41) is 20.0. The zero-order chi connectivity index (χ0) is 22.8. The summed E-state index contributed by atoms with van der Waals surface area (Å²) in [5.74, 6) is 0.574. The van der Waals surface area contributed by atoms with Crippen LogP contribution in [-0.4, -0.2) is 53.8 Å². The number of benzene rings is 1. The van der Waals surface area contributed by atoms with Gasteiger partial charge in [0.1, 0.15) is 5.75 Å². The number of aliphatic hydroxyl groups is 1. The minimum atomic E-state index is -0.234. The number of ether oxygens (including phenoxy) is 1. The second-order valence-electron chi connectivity index (χ2n) is 9.54. The van der Waals surface area contributed by atoms with Crippen LogP contribution in [0.25, 0.3) is 0 Å². The van der Waals surface area contributed by atoms with E-state index < -0.39 is 0 Å². The fourth-order valence-electron chi connectivity index (χ4n) is 5.32. The second kappa shape index (κ2) is 9.75. The van der Waals surface area contributed by atoms with Crippen molar-refractivity contribution in [1.29, 1.82) is 0 Å². The van der Waals surface area contributed by atoms with Gasteiger partial charge >= 0.3 is 0 Å². The first-order chi connectivity index (χ1) is 15.3. The lowest BCUT2D eigenvalue weighted by atomic mass is 9.61. The molecule has 2 atom stereocenters. The second-order valence-corrected chi connectivity index (χ2v) is 10.4. The van der Waals surface area contributed by atoms with Gasteiger partial charge in [-0.05, 0) is 76.0 Å². The first-order valence-corrected chi connectivity index (χ1v) is 12.1. The molecule has 2 unspecified atom stereocenters. The standard InChI is InChI=1S/C23H31Cl2N3O4/c24-17-2-1-16(12-18(17)25)32-14-20(30)27-22-4-7-23(8-5-22,9-6-22)28-21(31)19-11-15(13-29)3-10-26-19/h1-2,12,15,19,26,29H,3-11,13-14H2,(H,27,30)(H,28,31). The lowest BCUT2D eigenvalue weighted by Crippen LogP contribution is -2.65. The number of halogens is 2. The van der Waals surface area contributed by atoms with Gasteiger partial charge in [0.05, 0.1) is 16.1 Å². The molecule has 1 aliphatic heterocycles. The van der Waals surface area contributed by atoms with Crippen LogP contribution in [0.5, 0.6) is 5.75 Å². The number of piperidine rings is 1. The molecule has 0 radical (unpaired) electrons. The lowest BCUT2D eigenvalue weighted by Gasteiger charge is -2.54. The van der Waals surface area contributed by atoms with Crippen molar-refractivity contribution in [3.05, 3.63) is 28.2 Å². The monoisotopic (exact) mass is 483 g/mol. The molecule has 2 amide bonds. The third kappa shape index (κ3) is 5.33. The van der Waals surface area contributed by atoms with Crippen LogP contribution in [-0.2, 0) is 9.59 Å². The van der Waals surface area contributed by atoms with Crippen LogP contribution in [0.4, 0.5) is 0 Å². The van der Waals surface area contributed by atoms with Crippen LogP contribution in [0.2, 0.25) is 10.0 Å². The van der Waals surface area contributed by atoms with E-state index in [1.807, 2.05) is 0 Å². The van der Waals surface area contributed by atoms with Crippen LogP contribution >= 0.6 is 23.2 Å². The van der Waals surface area contributed by atoms with Gasteiger partial charge in [0.2, 0.25) is 5.91 Å². The van der Waals surface area contributed by atoms with E-state index in [1.54, 1.807) is 18.2 Å². The average Bonchev–Trinajstić information content (AvgIpc) is 2.81. The zero-order valence-corrected chi connectivity index (χ0v) is 19.6. The molecular formula is C23H31Cl2N3O4. The summed E-state index contributed by atoms with van der Waals surface area (Å²) in [7, 11) is 0. The number of amides is 2. The van der Waals surface area contributed by atoms with Gasteiger partial charge in [-0.2, -0.15) is 0 Å². The van der Waals surface area contributed by atoms with Crippen molar-refractivity contribution in [1.82, 2.24) is 16.0 Å². The van der Waals surface area contributed by atoms with E-state index in [1.165, 1.54) is 0 Å². The van der Waals surface area contributed by atoms with E-state index >= 15 is 0 Å². The first-order valence-electron chi connectivity index (χ1n) is 11.4. The molecule has 0 aromatic heterocycles. The molecule has 1 aromatic carbocycles. The van der Waals surface area contributed by atoms with Crippen LogP contribution < -0.4 is 20.7 Å². The van der Waals surface area contributed by atoms with Crippen LogP contribution in [0.15, 0.2) is 18.2 Å². The number of nitrogens with one attached hydrogen (secondary N) is 3. The fourth-order valence-corrected chi connectivity index (χ4v) is 5.61. The third-order valence-corrected chi connectivity index (χ3v) is 8.13. The molecule has 4 N–H and O–H groups in total. The highest BCUT2D eigenvalue weighted by Gasteiger charge is 2.50. The van der Waals surface area contributed by atoms with E-state index in [0.717, 1.165) is 51.5 Å². The van der Waals surface area contributed by atoms with Crippen LogP contribution in [0, 0.1) is 5.92 Å². The van der Waals surface area contributed by atoms with E-state index in [0.29, 0.717) is 22.2 Å². The fraction of sp³-hybridized carbons (Fsp3) is 0.652.